The highest BCUT2D eigenvalue weighted by Gasteiger charge is 2.26. The van der Waals surface area contributed by atoms with Crippen LogP contribution in [0.3, 0.4) is 0 Å². The molecular weight excluding hydrogens is 430 g/mol. The molecule has 7 nitrogen and oxygen atoms in total. The summed E-state index contributed by atoms with van der Waals surface area (Å²) >= 11 is 0. The Bertz CT molecular complexity index is 826. The highest BCUT2D eigenvalue weighted by atomic mass is 16.7. The lowest BCUT2D eigenvalue weighted by molar-refractivity contribution is -0.553. The zero-order chi connectivity index (χ0) is 24.8. The predicted octanol–water partition coefficient (Wildman–Crippen LogP) is 5.59. The molecule has 34 heavy (non-hydrogen) atoms. The van der Waals surface area contributed by atoms with Crippen LogP contribution in [0.15, 0.2) is 48.7 Å². The fraction of sp³-hybridized carbons (Fsp3) is 0.593. The Labute approximate surface area is 204 Å². The SMILES string of the molecule is CCCCC(N[N+](=O)[O-])C(C)COC1CCC(c2ccccc2)CC1.Cc1ccnc(CO)c1. The summed E-state index contributed by atoms with van der Waals surface area (Å²) in [5.41, 5.74) is 5.77. The minimum Gasteiger partial charge on any atom is -0.390 e. The van der Waals surface area contributed by atoms with Gasteiger partial charge < -0.3 is 9.84 Å². The minimum atomic E-state index is -0.415. The van der Waals surface area contributed by atoms with Gasteiger partial charge in [-0.25, -0.2) is 10.1 Å². The summed E-state index contributed by atoms with van der Waals surface area (Å²) in [6.07, 6.45) is 9.34. The maximum absolute atomic E-state index is 10.8. The third-order valence-electron chi connectivity index (χ3n) is 6.50. The molecule has 7 heteroatoms. The second-order valence-electron chi connectivity index (χ2n) is 9.31. The highest BCUT2D eigenvalue weighted by Crippen LogP contribution is 2.34. The fourth-order valence-electron chi connectivity index (χ4n) is 4.41. The fourth-order valence-corrected chi connectivity index (χ4v) is 4.41. The van der Waals surface area contributed by atoms with Crippen molar-refractivity contribution < 1.29 is 14.9 Å². The number of nitro groups is 1. The molecule has 1 saturated carbocycles. The Morgan fingerprint density at radius 3 is 2.47 bits per heavy atom. The smallest absolute Gasteiger partial charge is 0.157 e. The second kappa shape index (κ2) is 15.4. The number of ether oxygens (including phenoxy) is 1. The average molecular weight is 472 g/mol. The molecule has 0 aliphatic heterocycles. The number of hydrazine groups is 1. The van der Waals surface area contributed by atoms with Gasteiger partial charge in [-0.15, -0.1) is 5.43 Å². The van der Waals surface area contributed by atoms with Gasteiger partial charge in [0.2, 0.25) is 0 Å². The molecule has 0 saturated heterocycles. The molecular formula is C27H41N3O4. The van der Waals surface area contributed by atoms with Crippen LogP contribution in [0.25, 0.3) is 0 Å². The van der Waals surface area contributed by atoms with E-state index in [0.29, 0.717) is 18.6 Å². The van der Waals surface area contributed by atoms with E-state index in [2.05, 4.69) is 47.7 Å². The number of pyridine rings is 1. The Morgan fingerprint density at radius 1 is 1.21 bits per heavy atom. The Kier molecular flexibility index (Phi) is 12.6. The van der Waals surface area contributed by atoms with Gasteiger partial charge in [-0.05, 0) is 68.2 Å². The first kappa shape index (κ1) is 27.7. The summed E-state index contributed by atoms with van der Waals surface area (Å²) in [7, 11) is 0. The van der Waals surface area contributed by atoms with Crippen LogP contribution in [0.5, 0.6) is 0 Å². The number of benzene rings is 1. The van der Waals surface area contributed by atoms with E-state index in [1.54, 1.807) is 6.20 Å². The van der Waals surface area contributed by atoms with Gasteiger partial charge in [-0.3, -0.25) is 4.98 Å². The first-order valence-electron chi connectivity index (χ1n) is 12.5. The molecule has 2 N–H and O–H groups in total. The molecule has 3 rings (SSSR count). The highest BCUT2D eigenvalue weighted by molar-refractivity contribution is 5.20. The van der Waals surface area contributed by atoms with E-state index in [0.717, 1.165) is 56.2 Å². The van der Waals surface area contributed by atoms with Gasteiger partial charge in [-0.1, -0.05) is 57.0 Å². The van der Waals surface area contributed by atoms with Gasteiger partial charge in [0, 0.05) is 12.1 Å². The van der Waals surface area contributed by atoms with Crippen LogP contribution in [0.4, 0.5) is 0 Å². The van der Waals surface area contributed by atoms with Crippen LogP contribution in [0, 0.1) is 23.0 Å². The minimum absolute atomic E-state index is 0.0294. The zero-order valence-corrected chi connectivity index (χ0v) is 20.9. The number of nitrogens with one attached hydrogen (secondary N) is 1. The van der Waals surface area contributed by atoms with E-state index < -0.39 is 5.03 Å². The largest absolute Gasteiger partial charge is 0.390 e. The number of rotatable bonds is 11. The molecule has 188 valence electrons. The molecule has 0 bridgehead atoms. The van der Waals surface area contributed by atoms with Crippen molar-refractivity contribution >= 4 is 0 Å². The first-order chi connectivity index (χ1) is 16.4. The Morgan fingerprint density at radius 2 is 1.91 bits per heavy atom. The van der Waals surface area contributed by atoms with E-state index >= 15 is 0 Å². The van der Waals surface area contributed by atoms with Crippen molar-refractivity contribution in [2.75, 3.05) is 6.61 Å². The molecule has 1 aromatic heterocycles. The van der Waals surface area contributed by atoms with E-state index in [1.807, 2.05) is 26.0 Å². The van der Waals surface area contributed by atoms with Gasteiger partial charge in [0.05, 0.1) is 31.1 Å². The van der Waals surface area contributed by atoms with Gasteiger partial charge in [-0.2, -0.15) is 0 Å². The predicted molar refractivity (Wildman–Crippen MR) is 135 cm³/mol. The second-order valence-corrected chi connectivity index (χ2v) is 9.31. The van der Waals surface area contributed by atoms with Crippen molar-refractivity contribution in [1.82, 2.24) is 10.4 Å². The third-order valence-corrected chi connectivity index (χ3v) is 6.50. The summed E-state index contributed by atoms with van der Waals surface area (Å²) in [5.74, 6) is 0.788. The molecule has 1 fully saturated rings. The summed E-state index contributed by atoms with van der Waals surface area (Å²) in [6, 6.07) is 14.4. The molecule has 2 unspecified atom stereocenters. The maximum Gasteiger partial charge on any atom is 0.157 e. The van der Waals surface area contributed by atoms with Crippen molar-refractivity contribution in [3.8, 4) is 0 Å². The van der Waals surface area contributed by atoms with Crippen molar-refractivity contribution in [1.29, 1.82) is 0 Å². The van der Waals surface area contributed by atoms with Crippen molar-refractivity contribution in [2.24, 2.45) is 5.92 Å². The molecule has 2 aromatic rings. The molecule has 0 amide bonds. The standard InChI is InChI=1S/C20H32N2O3.C7H9NO/c1-3-4-10-20(21-22(23)24)16(2)15-25-19-13-11-18(12-14-19)17-8-6-5-7-9-17;1-6-2-3-8-7(4-6)5-9/h5-9,16,18-21H,3-4,10-15H2,1-2H3;2-4,9H,5H2,1H3. The first-order valence-corrected chi connectivity index (χ1v) is 12.5. The Balaban J connectivity index is 0.000000379. The monoisotopic (exact) mass is 471 g/mol. The van der Waals surface area contributed by atoms with Crippen LogP contribution in [0.2, 0.25) is 0 Å². The van der Waals surface area contributed by atoms with Crippen molar-refractivity contribution in [2.45, 2.75) is 90.4 Å². The van der Waals surface area contributed by atoms with Crippen LogP contribution in [-0.4, -0.2) is 33.9 Å². The number of aliphatic hydroxyl groups is 1. The lowest BCUT2D eigenvalue weighted by Gasteiger charge is -2.30. The molecule has 1 aliphatic carbocycles. The third kappa shape index (κ3) is 10.2. The topological polar surface area (TPSA) is 97.5 Å². The van der Waals surface area contributed by atoms with Gasteiger partial charge >= 0.3 is 0 Å². The average Bonchev–Trinajstić information content (AvgIpc) is 2.86. The summed E-state index contributed by atoms with van der Waals surface area (Å²) < 4.78 is 6.11. The molecule has 0 spiro atoms. The van der Waals surface area contributed by atoms with Crippen LogP contribution < -0.4 is 5.43 Å². The van der Waals surface area contributed by atoms with Crippen LogP contribution >= 0.6 is 0 Å². The van der Waals surface area contributed by atoms with E-state index in [1.165, 1.54) is 5.56 Å². The molecule has 0 radical (unpaired) electrons. The van der Waals surface area contributed by atoms with E-state index in [-0.39, 0.29) is 18.6 Å². The van der Waals surface area contributed by atoms with Crippen molar-refractivity contribution in [3.63, 3.8) is 0 Å². The van der Waals surface area contributed by atoms with E-state index in [4.69, 9.17) is 9.84 Å². The molecule has 1 aliphatic rings. The number of nitrogens with zero attached hydrogens (tertiary/aromatic N) is 2. The van der Waals surface area contributed by atoms with Crippen molar-refractivity contribution in [3.05, 3.63) is 75.6 Å². The van der Waals surface area contributed by atoms with Crippen LogP contribution in [0.1, 0.15) is 81.5 Å². The van der Waals surface area contributed by atoms with Crippen LogP contribution in [-0.2, 0) is 11.3 Å². The quantitative estimate of drug-likeness (QED) is 0.328. The Hall–Kier alpha value is -2.51. The molecule has 1 aromatic carbocycles. The summed E-state index contributed by atoms with van der Waals surface area (Å²) in [6.45, 7) is 6.75. The van der Waals surface area contributed by atoms with Gasteiger partial charge in [0.1, 0.15) is 0 Å². The normalized spacial score (nSPS) is 19.4. The number of aryl methyl sites for hydroxylation is 1. The number of unbranched alkanes of at least 4 members (excludes halogenated alkanes) is 1. The van der Waals surface area contributed by atoms with Gasteiger partial charge in [0.15, 0.2) is 5.03 Å². The molecule has 2 atom stereocenters. The zero-order valence-electron chi connectivity index (χ0n) is 20.9. The summed E-state index contributed by atoms with van der Waals surface area (Å²) in [4.78, 5) is 14.7. The lowest BCUT2D eigenvalue weighted by Crippen LogP contribution is -2.41. The van der Waals surface area contributed by atoms with Gasteiger partial charge in [0.25, 0.3) is 0 Å². The van der Waals surface area contributed by atoms with E-state index in [9.17, 15) is 10.1 Å². The number of aliphatic hydroxyl groups excluding tert-OH is 1. The number of hydrogen-bond donors (Lipinski definition) is 2. The maximum atomic E-state index is 10.8. The number of aromatic nitrogens is 1. The lowest BCUT2D eigenvalue weighted by atomic mass is 9.83. The number of hydrogen-bond acceptors (Lipinski definition) is 5. The summed E-state index contributed by atoms with van der Waals surface area (Å²) in [5, 5.41) is 19.0. The molecule has 1 heterocycles.